The molecule has 0 unspecified atom stereocenters. The van der Waals surface area contributed by atoms with Gasteiger partial charge >= 0.3 is 0 Å². The van der Waals surface area contributed by atoms with Crippen molar-refractivity contribution in [1.29, 1.82) is 0 Å². The van der Waals surface area contributed by atoms with Gasteiger partial charge in [-0.1, -0.05) is 54.6 Å². The Morgan fingerprint density at radius 3 is 2.56 bits per heavy atom. The SMILES string of the molecule is Cc1cccc([N+](=O)[O-])c1NC(=O)CN[C@H](C)c1cccc2ccccc12. The average Bonchev–Trinajstić information content (AvgIpc) is 2.67. The van der Waals surface area contributed by atoms with E-state index >= 15 is 0 Å². The minimum Gasteiger partial charge on any atom is -0.319 e. The molecule has 0 heterocycles. The molecular weight excluding hydrogens is 342 g/mol. The van der Waals surface area contributed by atoms with Crippen molar-refractivity contribution in [2.24, 2.45) is 0 Å². The summed E-state index contributed by atoms with van der Waals surface area (Å²) in [5.41, 5.74) is 1.89. The highest BCUT2D eigenvalue weighted by Crippen LogP contribution is 2.27. The van der Waals surface area contributed by atoms with Crippen molar-refractivity contribution < 1.29 is 9.72 Å². The first-order chi connectivity index (χ1) is 13.0. The molecular formula is C21H21N3O3. The molecule has 0 saturated heterocycles. The van der Waals surface area contributed by atoms with Crippen LogP contribution in [0.15, 0.2) is 60.7 Å². The number of nitrogens with zero attached hydrogens (tertiary/aromatic N) is 1. The Kier molecular flexibility index (Phi) is 5.47. The van der Waals surface area contributed by atoms with Crippen molar-refractivity contribution in [3.8, 4) is 0 Å². The van der Waals surface area contributed by atoms with E-state index in [4.69, 9.17) is 0 Å². The third kappa shape index (κ3) is 4.12. The van der Waals surface area contributed by atoms with Crippen molar-refractivity contribution in [3.05, 3.63) is 81.9 Å². The van der Waals surface area contributed by atoms with E-state index in [1.54, 1.807) is 19.1 Å². The second kappa shape index (κ2) is 7.97. The van der Waals surface area contributed by atoms with Crippen LogP contribution in [0.3, 0.4) is 0 Å². The van der Waals surface area contributed by atoms with Crippen LogP contribution < -0.4 is 10.6 Å². The fraction of sp³-hybridized carbons (Fsp3) is 0.190. The molecule has 2 N–H and O–H groups in total. The molecule has 3 aromatic carbocycles. The topological polar surface area (TPSA) is 84.3 Å². The molecule has 3 aromatic rings. The Hall–Kier alpha value is -3.25. The van der Waals surface area contributed by atoms with Gasteiger partial charge in [0.05, 0.1) is 11.5 Å². The predicted molar refractivity (Wildman–Crippen MR) is 107 cm³/mol. The van der Waals surface area contributed by atoms with Gasteiger partial charge in [-0.25, -0.2) is 0 Å². The Bertz CT molecular complexity index is 996. The number of benzene rings is 3. The summed E-state index contributed by atoms with van der Waals surface area (Å²) in [6, 6.07) is 18.8. The highest BCUT2D eigenvalue weighted by atomic mass is 16.6. The van der Waals surface area contributed by atoms with Gasteiger partial charge in [0.1, 0.15) is 5.69 Å². The molecule has 0 spiro atoms. The zero-order valence-corrected chi connectivity index (χ0v) is 15.2. The van der Waals surface area contributed by atoms with Crippen LogP contribution in [0.1, 0.15) is 24.1 Å². The molecule has 6 nitrogen and oxygen atoms in total. The number of rotatable bonds is 6. The van der Waals surface area contributed by atoms with Gasteiger partial charge in [0.15, 0.2) is 0 Å². The maximum Gasteiger partial charge on any atom is 0.293 e. The molecule has 0 aromatic heterocycles. The first-order valence-corrected chi connectivity index (χ1v) is 8.72. The van der Waals surface area contributed by atoms with Gasteiger partial charge < -0.3 is 10.6 Å². The Labute approximate surface area is 157 Å². The van der Waals surface area contributed by atoms with Crippen LogP contribution in [0.2, 0.25) is 0 Å². The molecule has 1 atom stereocenters. The minimum absolute atomic E-state index is 0.0475. The van der Waals surface area contributed by atoms with Gasteiger partial charge in [-0.15, -0.1) is 0 Å². The third-order valence-corrected chi connectivity index (χ3v) is 4.57. The summed E-state index contributed by atoms with van der Waals surface area (Å²) in [4.78, 5) is 23.0. The number of hydrogen-bond donors (Lipinski definition) is 2. The zero-order valence-electron chi connectivity index (χ0n) is 15.2. The Balaban J connectivity index is 1.70. The fourth-order valence-electron chi connectivity index (χ4n) is 3.13. The van der Waals surface area contributed by atoms with E-state index in [0.717, 1.165) is 16.3 Å². The van der Waals surface area contributed by atoms with Crippen LogP contribution in [-0.4, -0.2) is 17.4 Å². The zero-order chi connectivity index (χ0) is 19.4. The van der Waals surface area contributed by atoms with Crippen molar-refractivity contribution in [3.63, 3.8) is 0 Å². The summed E-state index contributed by atoms with van der Waals surface area (Å²) < 4.78 is 0. The van der Waals surface area contributed by atoms with E-state index in [9.17, 15) is 14.9 Å². The summed E-state index contributed by atoms with van der Waals surface area (Å²) in [7, 11) is 0. The van der Waals surface area contributed by atoms with E-state index in [1.165, 1.54) is 6.07 Å². The third-order valence-electron chi connectivity index (χ3n) is 4.57. The molecule has 0 aliphatic heterocycles. The largest absolute Gasteiger partial charge is 0.319 e. The van der Waals surface area contributed by atoms with Crippen molar-refractivity contribution in [1.82, 2.24) is 5.32 Å². The minimum atomic E-state index is -0.491. The number of para-hydroxylation sites is 1. The first kappa shape index (κ1) is 18.5. The fourth-order valence-corrected chi connectivity index (χ4v) is 3.13. The van der Waals surface area contributed by atoms with E-state index in [-0.39, 0.29) is 29.9 Å². The maximum atomic E-state index is 12.3. The van der Waals surface area contributed by atoms with Gasteiger partial charge in [-0.2, -0.15) is 0 Å². The van der Waals surface area contributed by atoms with Crippen LogP contribution in [0.5, 0.6) is 0 Å². The molecule has 27 heavy (non-hydrogen) atoms. The molecule has 0 radical (unpaired) electrons. The van der Waals surface area contributed by atoms with Crippen LogP contribution in [0.25, 0.3) is 10.8 Å². The highest BCUT2D eigenvalue weighted by molar-refractivity contribution is 5.95. The monoisotopic (exact) mass is 363 g/mol. The van der Waals surface area contributed by atoms with Crippen LogP contribution in [0, 0.1) is 17.0 Å². The number of nitrogens with one attached hydrogen (secondary N) is 2. The van der Waals surface area contributed by atoms with Crippen LogP contribution in [-0.2, 0) is 4.79 Å². The van der Waals surface area contributed by atoms with Crippen molar-refractivity contribution in [2.45, 2.75) is 19.9 Å². The first-order valence-electron chi connectivity index (χ1n) is 8.72. The Morgan fingerprint density at radius 2 is 1.78 bits per heavy atom. The number of carbonyl (C=O) groups excluding carboxylic acids is 1. The van der Waals surface area contributed by atoms with E-state index < -0.39 is 4.92 Å². The number of nitro benzene ring substituents is 1. The van der Waals surface area contributed by atoms with E-state index in [1.807, 2.05) is 31.2 Å². The lowest BCUT2D eigenvalue weighted by molar-refractivity contribution is -0.384. The number of hydrogen-bond acceptors (Lipinski definition) is 4. The smallest absolute Gasteiger partial charge is 0.293 e. The number of anilines is 1. The molecule has 1 amide bonds. The van der Waals surface area contributed by atoms with Gasteiger partial charge in [0, 0.05) is 12.1 Å². The number of fused-ring (bicyclic) bond motifs is 1. The van der Waals surface area contributed by atoms with Crippen LogP contribution in [0.4, 0.5) is 11.4 Å². The highest BCUT2D eigenvalue weighted by Gasteiger charge is 2.18. The number of nitro groups is 1. The van der Waals surface area contributed by atoms with Crippen LogP contribution >= 0.6 is 0 Å². The molecule has 0 saturated carbocycles. The lowest BCUT2D eigenvalue weighted by atomic mass is 10.00. The molecule has 0 aliphatic carbocycles. The summed E-state index contributed by atoms with van der Waals surface area (Å²) in [5, 5.41) is 19.3. The van der Waals surface area contributed by atoms with Gasteiger partial charge in [0.2, 0.25) is 5.91 Å². The molecule has 0 bridgehead atoms. The Morgan fingerprint density at radius 1 is 1.07 bits per heavy atom. The summed E-state index contributed by atoms with van der Waals surface area (Å²) in [6.45, 7) is 3.77. The number of carbonyl (C=O) groups is 1. The molecule has 6 heteroatoms. The van der Waals surface area contributed by atoms with Crippen molar-refractivity contribution >= 4 is 28.1 Å². The maximum absolute atomic E-state index is 12.3. The second-order valence-electron chi connectivity index (χ2n) is 6.45. The average molecular weight is 363 g/mol. The standard InChI is InChI=1S/C21H21N3O3/c1-14-7-5-12-19(24(26)27)21(14)23-20(25)13-22-15(2)17-11-6-9-16-8-3-4-10-18(16)17/h3-12,15,22H,13H2,1-2H3,(H,23,25)/t15-/m1/s1. The van der Waals surface area contributed by atoms with Gasteiger partial charge in [0.25, 0.3) is 5.69 Å². The lowest BCUT2D eigenvalue weighted by Gasteiger charge is -2.17. The molecule has 0 aliphatic rings. The van der Waals surface area contributed by atoms with E-state index in [0.29, 0.717) is 5.56 Å². The molecule has 0 fully saturated rings. The second-order valence-corrected chi connectivity index (χ2v) is 6.45. The molecule has 138 valence electrons. The number of aryl methyl sites for hydroxylation is 1. The number of amides is 1. The molecule has 3 rings (SSSR count). The summed E-state index contributed by atoms with van der Waals surface area (Å²) in [5.74, 6) is -0.320. The summed E-state index contributed by atoms with van der Waals surface area (Å²) >= 11 is 0. The van der Waals surface area contributed by atoms with Gasteiger partial charge in [-0.3, -0.25) is 14.9 Å². The quantitative estimate of drug-likeness (QED) is 0.504. The van der Waals surface area contributed by atoms with Crippen molar-refractivity contribution in [2.75, 3.05) is 11.9 Å². The van der Waals surface area contributed by atoms with E-state index in [2.05, 4.69) is 28.8 Å². The lowest BCUT2D eigenvalue weighted by Crippen LogP contribution is -2.30. The summed E-state index contributed by atoms with van der Waals surface area (Å²) in [6.07, 6.45) is 0. The van der Waals surface area contributed by atoms with Gasteiger partial charge in [-0.05, 0) is 35.7 Å². The normalized spacial score (nSPS) is 11.9. The predicted octanol–water partition coefficient (Wildman–Crippen LogP) is 4.35.